The quantitative estimate of drug-likeness (QED) is 0.746. The van der Waals surface area contributed by atoms with E-state index in [2.05, 4.69) is 10.6 Å². The van der Waals surface area contributed by atoms with Crippen LogP contribution in [-0.4, -0.2) is 31.1 Å². The van der Waals surface area contributed by atoms with Gasteiger partial charge in [0.25, 0.3) is 11.8 Å². The highest BCUT2D eigenvalue weighted by molar-refractivity contribution is 5.94. The second-order valence-electron chi connectivity index (χ2n) is 5.66. The molecule has 0 aliphatic heterocycles. The topological polar surface area (TPSA) is 100 Å². The number of hydrogen-bond acceptors (Lipinski definition) is 5. The highest BCUT2D eigenvalue weighted by atomic mass is 16.5. The third kappa shape index (κ3) is 6.36. The molecule has 0 fully saturated rings. The minimum Gasteiger partial charge on any atom is -0.484 e. The van der Waals surface area contributed by atoms with Crippen molar-refractivity contribution < 1.29 is 19.1 Å². The summed E-state index contributed by atoms with van der Waals surface area (Å²) >= 11 is 0. The molecule has 2 rings (SSSR count). The van der Waals surface area contributed by atoms with Gasteiger partial charge in [0.1, 0.15) is 11.5 Å². The molecule has 2 aromatic rings. The van der Waals surface area contributed by atoms with Gasteiger partial charge < -0.3 is 20.1 Å². The fraction of sp³-hybridized carbons (Fsp3) is 0.250. The van der Waals surface area contributed by atoms with Crippen LogP contribution in [0.4, 0.5) is 5.69 Å². The van der Waals surface area contributed by atoms with Gasteiger partial charge in [0, 0.05) is 12.2 Å². The number of nitrogens with zero attached hydrogens (tertiary/aromatic N) is 1. The van der Waals surface area contributed by atoms with Crippen molar-refractivity contribution in [2.45, 2.75) is 20.0 Å². The van der Waals surface area contributed by atoms with Crippen molar-refractivity contribution in [2.24, 2.45) is 0 Å². The van der Waals surface area contributed by atoms with Crippen molar-refractivity contribution >= 4 is 17.5 Å². The van der Waals surface area contributed by atoms with Crippen LogP contribution >= 0.6 is 0 Å². The van der Waals surface area contributed by atoms with Gasteiger partial charge in [-0.15, -0.1) is 0 Å². The largest absolute Gasteiger partial charge is 0.484 e. The van der Waals surface area contributed by atoms with Crippen molar-refractivity contribution in [3.05, 3.63) is 54.1 Å². The number of benzene rings is 2. The maximum atomic E-state index is 12.3. The zero-order chi connectivity index (χ0) is 19.6. The summed E-state index contributed by atoms with van der Waals surface area (Å²) in [4.78, 5) is 23.6. The molecule has 0 aromatic heterocycles. The van der Waals surface area contributed by atoms with E-state index in [1.807, 2.05) is 13.0 Å². The van der Waals surface area contributed by atoms with Crippen molar-refractivity contribution in [1.29, 1.82) is 5.26 Å². The molecule has 7 heteroatoms. The predicted octanol–water partition coefficient (Wildman–Crippen LogP) is 2.48. The van der Waals surface area contributed by atoms with Gasteiger partial charge in [0.05, 0.1) is 11.6 Å². The van der Waals surface area contributed by atoms with Gasteiger partial charge in [-0.2, -0.15) is 5.26 Å². The molecule has 0 aliphatic carbocycles. The number of nitriles is 1. The summed E-state index contributed by atoms with van der Waals surface area (Å²) in [7, 11) is 0. The first-order valence-corrected chi connectivity index (χ1v) is 8.49. The number of nitrogens with one attached hydrogen (secondary N) is 2. The van der Waals surface area contributed by atoms with E-state index in [1.54, 1.807) is 55.5 Å². The number of carbonyl (C=O) groups excluding carboxylic acids is 2. The molecule has 2 aromatic carbocycles. The summed E-state index contributed by atoms with van der Waals surface area (Å²) < 4.78 is 10.9. The van der Waals surface area contributed by atoms with E-state index in [-0.39, 0.29) is 18.4 Å². The van der Waals surface area contributed by atoms with Crippen molar-refractivity contribution in [2.75, 3.05) is 18.5 Å². The molecule has 0 heterocycles. The van der Waals surface area contributed by atoms with E-state index in [4.69, 9.17) is 14.7 Å². The zero-order valence-corrected chi connectivity index (χ0v) is 15.2. The van der Waals surface area contributed by atoms with Crippen LogP contribution in [0.2, 0.25) is 0 Å². The molecule has 27 heavy (non-hydrogen) atoms. The Morgan fingerprint density at radius 3 is 2.56 bits per heavy atom. The second kappa shape index (κ2) is 9.82. The molecule has 0 aliphatic rings. The molecule has 140 valence electrons. The molecule has 2 N–H and O–H groups in total. The van der Waals surface area contributed by atoms with Crippen LogP contribution in [-0.2, 0) is 9.59 Å². The molecule has 0 saturated carbocycles. The Morgan fingerprint density at radius 2 is 1.89 bits per heavy atom. The Kier molecular flexibility index (Phi) is 7.20. The van der Waals surface area contributed by atoms with Crippen LogP contribution in [0, 0.1) is 11.3 Å². The van der Waals surface area contributed by atoms with Gasteiger partial charge in [0.2, 0.25) is 0 Å². The van der Waals surface area contributed by atoms with E-state index < -0.39 is 6.10 Å². The summed E-state index contributed by atoms with van der Waals surface area (Å²) in [5.74, 6) is 0.456. The Morgan fingerprint density at radius 1 is 1.15 bits per heavy atom. The Hall–Kier alpha value is -3.53. The van der Waals surface area contributed by atoms with E-state index in [0.717, 1.165) is 0 Å². The van der Waals surface area contributed by atoms with Gasteiger partial charge in [-0.1, -0.05) is 6.07 Å². The lowest BCUT2D eigenvalue weighted by Crippen LogP contribution is -2.30. The lowest BCUT2D eigenvalue weighted by Gasteiger charge is -2.15. The fourth-order valence-corrected chi connectivity index (χ4v) is 2.17. The fourth-order valence-electron chi connectivity index (χ4n) is 2.17. The molecule has 7 nitrogen and oxygen atoms in total. The number of hydrogen-bond donors (Lipinski definition) is 2. The molecule has 0 saturated heterocycles. The number of carbonyl (C=O) groups is 2. The summed E-state index contributed by atoms with van der Waals surface area (Å²) in [5, 5.41) is 14.3. The summed E-state index contributed by atoms with van der Waals surface area (Å²) in [5.41, 5.74) is 1.04. The van der Waals surface area contributed by atoms with Gasteiger partial charge in [-0.25, -0.2) is 0 Å². The van der Waals surface area contributed by atoms with E-state index in [1.165, 1.54) is 0 Å². The van der Waals surface area contributed by atoms with Crippen molar-refractivity contribution in [3.63, 3.8) is 0 Å². The SMILES string of the molecule is CCNC(=O)COc1ccc(NC(=O)C(C)Oc2cccc(C#N)c2)cc1. The second-order valence-corrected chi connectivity index (χ2v) is 5.66. The van der Waals surface area contributed by atoms with Crippen LogP contribution in [0.25, 0.3) is 0 Å². The Labute approximate surface area is 157 Å². The van der Waals surface area contributed by atoms with Gasteiger partial charge in [-0.05, 0) is 56.3 Å². The van der Waals surface area contributed by atoms with Gasteiger partial charge >= 0.3 is 0 Å². The zero-order valence-electron chi connectivity index (χ0n) is 15.2. The normalized spacial score (nSPS) is 11.0. The smallest absolute Gasteiger partial charge is 0.265 e. The van der Waals surface area contributed by atoms with Crippen LogP contribution in [0.15, 0.2) is 48.5 Å². The molecule has 0 radical (unpaired) electrons. The van der Waals surface area contributed by atoms with Crippen molar-refractivity contribution in [1.82, 2.24) is 5.32 Å². The van der Waals surface area contributed by atoms with Gasteiger partial charge in [-0.3, -0.25) is 9.59 Å². The first-order valence-electron chi connectivity index (χ1n) is 8.49. The first-order chi connectivity index (χ1) is 13.0. The number of likely N-dealkylation sites (N-methyl/N-ethyl adjacent to an activating group) is 1. The highest BCUT2D eigenvalue weighted by Crippen LogP contribution is 2.18. The van der Waals surface area contributed by atoms with E-state index in [0.29, 0.717) is 29.3 Å². The molecule has 1 unspecified atom stereocenters. The lowest BCUT2D eigenvalue weighted by atomic mass is 10.2. The van der Waals surface area contributed by atoms with Crippen molar-refractivity contribution in [3.8, 4) is 17.6 Å². The molecule has 1 atom stereocenters. The maximum absolute atomic E-state index is 12.3. The molecular formula is C20H21N3O4. The third-order valence-corrected chi connectivity index (χ3v) is 3.51. The average Bonchev–Trinajstić information content (AvgIpc) is 2.67. The molecule has 0 bridgehead atoms. The monoisotopic (exact) mass is 367 g/mol. The predicted molar refractivity (Wildman–Crippen MR) is 100 cm³/mol. The van der Waals surface area contributed by atoms with Crippen LogP contribution < -0.4 is 20.1 Å². The third-order valence-electron chi connectivity index (χ3n) is 3.51. The molecule has 0 spiro atoms. The molecular weight excluding hydrogens is 346 g/mol. The van der Waals surface area contributed by atoms with Crippen LogP contribution in [0.3, 0.4) is 0 Å². The first kappa shape index (κ1) is 19.8. The lowest BCUT2D eigenvalue weighted by molar-refractivity contribution is -0.123. The maximum Gasteiger partial charge on any atom is 0.265 e. The highest BCUT2D eigenvalue weighted by Gasteiger charge is 2.15. The average molecular weight is 367 g/mol. The number of ether oxygens (including phenoxy) is 2. The summed E-state index contributed by atoms with van der Waals surface area (Å²) in [6.07, 6.45) is -0.743. The van der Waals surface area contributed by atoms with Crippen LogP contribution in [0.1, 0.15) is 19.4 Å². The van der Waals surface area contributed by atoms with E-state index in [9.17, 15) is 9.59 Å². The van der Waals surface area contributed by atoms with Gasteiger partial charge in [0.15, 0.2) is 12.7 Å². The number of anilines is 1. The standard InChI is InChI=1S/C20H21N3O4/c1-3-22-19(24)13-26-17-9-7-16(8-10-17)23-20(25)14(2)27-18-6-4-5-15(11-18)12-21/h4-11,14H,3,13H2,1-2H3,(H,22,24)(H,23,25). The van der Waals surface area contributed by atoms with Crippen LogP contribution in [0.5, 0.6) is 11.5 Å². The Bertz CT molecular complexity index is 828. The summed E-state index contributed by atoms with van der Waals surface area (Å²) in [6, 6.07) is 15.3. The minimum absolute atomic E-state index is 0.0633. The number of rotatable bonds is 8. The molecule has 2 amide bonds. The summed E-state index contributed by atoms with van der Waals surface area (Å²) in [6.45, 7) is 3.94. The van der Waals surface area contributed by atoms with E-state index >= 15 is 0 Å². The number of amides is 2. The minimum atomic E-state index is -0.743. The Balaban J connectivity index is 1.87.